The molecule has 1 N–H and O–H groups in total. The zero-order valence-electron chi connectivity index (χ0n) is 12.2. The van der Waals surface area contributed by atoms with Gasteiger partial charge in [0.2, 0.25) is 0 Å². The molecule has 1 saturated carbocycles. The number of carbonyl (C=O) groups excluding carboxylic acids is 1. The molecule has 2 atom stereocenters. The van der Waals surface area contributed by atoms with E-state index in [0.29, 0.717) is 5.92 Å². The molecular weight excluding hydrogens is 270 g/mol. The highest BCUT2D eigenvalue weighted by molar-refractivity contribution is 5.77. The van der Waals surface area contributed by atoms with Gasteiger partial charge in [-0.25, -0.2) is 4.79 Å². The minimum Gasteiger partial charge on any atom is -0.480 e. The van der Waals surface area contributed by atoms with Gasteiger partial charge in [0, 0.05) is 6.04 Å². The van der Waals surface area contributed by atoms with Crippen LogP contribution in [0.15, 0.2) is 30.3 Å². The van der Waals surface area contributed by atoms with Crippen molar-refractivity contribution in [2.24, 2.45) is 5.92 Å². The van der Waals surface area contributed by atoms with Gasteiger partial charge < -0.3 is 9.84 Å². The second-order valence-corrected chi connectivity index (χ2v) is 5.63. The number of amides is 1. The van der Waals surface area contributed by atoms with Crippen LogP contribution in [-0.2, 0) is 16.1 Å². The van der Waals surface area contributed by atoms with Gasteiger partial charge in [-0.3, -0.25) is 9.69 Å². The first-order chi connectivity index (χ1) is 10.1. The van der Waals surface area contributed by atoms with Crippen LogP contribution in [-0.4, -0.2) is 34.7 Å². The smallest absolute Gasteiger partial charge is 0.410 e. The standard InChI is InChI=1S/C16H21NO4/c1-12-7-8-14(9-12)17(10-15(18)19)16(20)21-11-13-5-3-2-4-6-13/h2-6,12,14H,7-11H2,1H3,(H,18,19)/t12-,14+/m0/s1. The van der Waals surface area contributed by atoms with E-state index in [1.54, 1.807) is 0 Å². The molecule has 0 spiro atoms. The van der Waals surface area contributed by atoms with Crippen molar-refractivity contribution >= 4 is 12.1 Å². The average Bonchev–Trinajstić information content (AvgIpc) is 2.89. The van der Waals surface area contributed by atoms with Gasteiger partial charge in [-0.15, -0.1) is 0 Å². The molecule has 0 unspecified atom stereocenters. The number of hydrogen-bond acceptors (Lipinski definition) is 3. The first kappa shape index (κ1) is 15.4. The number of aliphatic carboxylic acids is 1. The maximum Gasteiger partial charge on any atom is 0.410 e. The summed E-state index contributed by atoms with van der Waals surface area (Å²) in [6.45, 7) is 1.98. The molecule has 0 heterocycles. The number of benzene rings is 1. The highest BCUT2D eigenvalue weighted by atomic mass is 16.6. The lowest BCUT2D eigenvalue weighted by molar-refractivity contribution is -0.138. The Morgan fingerprint density at radius 1 is 1.29 bits per heavy atom. The molecule has 114 valence electrons. The fourth-order valence-electron chi connectivity index (χ4n) is 2.75. The highest BCUT2D eigenvalue weighted by Gasteiger charge is 2.32. The van der Waals surface area contributed by atoms with Gasteiger partial charge in [0.05, 0.1) is 0 Å². The fraction of sp³-hybridized carbons (Fsp3) is 0.500. The molecule has 1 amide bonds. The van der Waals surface area contributed by atoms with Crippen LogP contribution < -0.4 is 0 Å². The third-order valence-electron chi connectivity index (χ3n) is 3.85. The molecule has 1 aliphatic rings. The van der Waals surface area contributed by atoms with Gasteiger partial charge in [-0.05, 0) is 30.7 Å². The first-order valence-corrected chi connectivity index (χ1v) is 7.25. The molecule has 0 bridgehead atoms. The Morgan fingerprint density at radius 3 is 2.57 bits per heavy atom. The molecule has 5 heteroatoms. The van der Waals surface area contributed by atoms with E-state index < -0.39 is 12.1 Å². The van der Waals surface area contributed by atoms with Crippen LogP contribution in [0.25, 0.3) is 0 Å². The summed E-state index contributed by atoms with van der Waals surface area (Å²) in [6, 6.07) is 9.34. The van der Waals surface area contributed by atoms with E-state index in [1.165, 1.54) is 4.90 Å². The van der Waals surface area contributed by atoms with E-state index in [-0.39, 0.29) is 19.2 Å². The van der Waals surface area contributed by atoms with Gasteiger partial charge in [0.15, 0.2) is 0 Å². The summed E-state index contributed by atoms with van der Waals surface area (Å²) in [7, 11) is 0. The second-order valence-electron chi connectivity index (χ2n) is 5.63. The lowest BCUT2D eigenvalue weighted by Gasteiger charge is -2.26. The minimum atomic E-state index is -1.01. The summed E-state index contributed by atoms with van der Waals surface area (Å²) < 4.78 is 5.26. The van der Waals surface area contributed by atoms with Crippen molar-refractivity contribution < 1.29 is 19.4 Å². The molecule has 2 rings (SSSR count). The van der Waals surface area contributed by atoms with Crippen LogP contribution in [0.1, 0.15) is 31.7 Å². The number of carboxylic acid groups (broad SMARTS) is 1. The Labute approximate surface area is 124 Å². The molecule has 21 heavy (non-hydrogen) atoms. The van der Waals surface area contributed by atoms with Crippen LogP contribution in [0.2, 0.25) is 0 Å². The SMILES string of the molecule is C[C@H]1CC[C@@H](N(CC(=O)O)C(=O)OCc2ccccc2)C1. The number of ether oxygens (including phenoxy) is 1. The van der Waals surface area contributed by atoms with E-state index in [1.807, 2.05) is 30.3 Å². The summed E-state index contributed by atoms with van der Waals surface area (Å²) >= 11 is 0. The van der Waals surface area contributed by atoms with Crippen molar-refractivity contribution in [3.05, 3.63) is 35.9 Å². The molecule has 0 aliphatic heterocycles. The summed E-state index contributed by atoms with van der Waals surface area (Å²) in [5, 5.41) is 8.99. The van der Waals surface area contributed by atoms with Crippen molar-refractivity contribution in [2.75, 3.05) is 6.54 Å². The zero-order valence-corrected chi connectivity index (χ0v) is 12.2. The fourth-order valence-corrected chi connectivity index (χ4v) is 2.75. The quantitative estimate of drug-likeness (QED) is 0.905. The molecule has 1 fully saturated rings. The Kier molecular flexibility index (Phi) is 5.20. The Balaban J connectivity index is 1.95. The van der Waals surface area contributed by atoms with Crippen LogP contribution in [0.4, 0.5) is 4.79 Å². The predicted octanol–water partition coefficient (Wildman–Crippen LogP) is 2.90. The van der Waals surface area contributed by atoms with Crippen molar-refractivity contribution in [3.8, 4) is 0 Å². The average molecular weight is 291 g/mol. The summed E-state index contributed by atoms with van der Waals surface area (Å²) in [5.74, 6) is -0.487. The van der Waals surface area contributed by atoms with Crippen LogP contribution in [0.3, 0.4) is 0 Å². The summed E-state index contributed by atoms with van der Waals surface area (Å²) in [6.07, 6.45) is 2.16. The second kappa shape index (κ2) is 7.11. The Morgan fingerprint density at radius 2 is 2.00 bits per heavy atom. The molecule has 0 aromatic heterocycles. The number of carbonyl (C=O) groups is 2. The number of hydrogen-bond donors (Lipinski definition) is 1. The molecular formula is C16H21NO4. The summed E-state index contributed by atoms with van der Waals surface area (Å²) in [5.41, 5.74) is 0.890. The normalized spacial score (nSPS) is 21.0. The monoisotopic (exact) mass is 291 g/mol. The van der Waals surface area contributed by atoms with Crippen molar-refractivity contribution in [1.82, 2.24) is 4.90 Å². The van der Waals surface area contributed by atoms with Gasteiger partial charge in [-0.2, -0.15) is 0 Å². The largest absolute Gasteiger partial charge is 0.480 e. The van der Waals surface area contributed by atoms with E-state index >= 15 is 0 Å². The Bertz CT molecular complexity index is 488. The van der Waals surface area contributed by atoms with Crippen LogP contribution in [0.5, 0.6) is 0 Å². The molecule has 5 nitrogen and oxygen atoms in total. The van der Waals surface area contributed by atoms with E-state index in [4.69, 9.17) is 9.84 Å². The topological polar surface area (TPSA) is 66.8 Å². The Hall–Kier alpha value is -2.04. The van der Waals surface area contributed by atoms with Crippen molar-refractivity contribution in [3.63, 3.8) is 0 Å². The number of nitrogens with zero attached hydrogens (tertiary/aromatic N) is 1. The maximum absolute atomic E-state index is 12.2. The molecule has 1 aliphatic carbocycles. The van der Waals surface area contributed by atoms with Crippen molar-refractivity contribution in [1.29, 1.82) is 0 Å². The number of carboxylic acids is 1. The van der Waals surface area contributed by atoms with E-state index in [0.717, 1.165) is 24.8 Å². The van der Waals surface area contributed by atoms with Gasteiger partial charge in [-0.1, -0.05) is 37.3 Å². The van der Waals surface area contributed by atoms with Crippen molar-refractivity contribution in [2.45, 2.75) is 38.8 Å². The zero-order chi connectivity index (χ0) is 15.2. The predicted molar refractivity (Wildman–Crippen MR) is 77.8 cm³/mol. The van der Waals surface area contributed by atoms with Gasteiger partial charge in [0.1, 0.15) is 13.2 Å². The molecule has 0 radical (unpaired) electrons. The maximum atomic E-state index is 12.2. The molecule has 1 aromatic carbocycles. The first-order valence-electron chi connectivity index (χ1n) is 7.25. The van der Waals surface area contributed by atoms with E-state index in [2.05, 4.69) is 6.92 Å². The molecule has 0 saturated heterocycles. The third-order valence-corrected chi connectivity index (χ3v) is 3.85. The van der Waals surface area contributed by atoms with Gasteiger partial charge >= 0.3 is 12.1 Å². The summed E-state index contributed by atoms with van der Waals surface area (Å²) in [4.78, 5) is 24.5. The van der Waals surface area contributed by atoms with Gasteiger partial charge in [0.25, 0.3) is 0 Å². The highest BCUT2D eigenvalue weighted by Crippen LogP contribution is 2.29. The number of rotatable bonds is 5. The lowest BCUT2D eigenvalue weighted by atomic mass is 10.1. The minimum absolute atomic E-state index is 0.0284. The molecule has 1 aromatic rings. The van der Waals surface area contributed by atoms with Crippen LogP contribution in [0, 0.1) is 5.92 Å². The third kappa shape index (κ3) is 4.48. The lowest BCUT2D eigenvalue weighted by Crippen LogP contribution is -2.42. The van der Waals surface area contributed by atoms with Crippen LogP contribution >= 0.6 is 0 Å². The van der Waals surface area contributed by atoms with E-state index in [9.17, 15) is 9.59 Å².